The molecule has 0 fully saturated rings. The van der Waals surface area contributed by atoms with Gasteiger partial charge in [0.25, 0.3) is 0 Å². The Morgan fingerprint density at radius 2 is 2.36 bits per heavy atom. The average Bonchev–Trinajstić information content (AvgIpc) is 2.57. The third-order valence-electron chi connectivity index (χ3n) is 2.17. The highest BCUT2D eigenvalue weighted by Gasteiger charge is 2.02. The third kappa shape index (κ3) is 1.74. The van der Waals surface area contributed by atoms with Gasteiger partial charge in [0.1, 0.15) is 5.82 Å². The topological polar surface area (TPSA) is 29.3 Å². The van der Waals surface area contributed by atoms with Gasteiger partial charge in [-0.1, -0.05) is 11.6 Å². The molecule has 4 heteroatoms. The number of imidazole rings is 1. The van der Waals surface area contributed by atoms with Gasteiger partial charge in [-0.05, 0) is 19.2 Å². The molecule has 3 nitrogen and oxygen atoms in total. The zero-order valence-corrected chi connectivity index (χ0v) is 8.75. The molecule has 0 aliphatic rings. The van der Waals surface area contributed by atoms with Crippen LogP contribution in [0, 0.1) is 0 Å². The molecule has 14 heavy (non-hydrogen) atoms. The molecule has 1 N–H and O–H groups in total. The van der Waals surface area contributed by atoms with Crippen molar-refractivity contribution in [2.45, 2.75) is 6.42 Å². The normalized spacial score (nSPS) is 11.0. The summed E-state index contributed by atoms with van der Waals surface area (Å²) in [6.07, 6.45) is 4.67. The Balaban J connectivity index is 2.40. The first-order valence-electron chi connectivity index (χ1n) is 4.57. The van der Waals surface area contributed by atoms with Crippen molar-refractivity contribution >= 4 is 17.1 Å². The monoisotopic (exact) mass is 209 g/mol. The van der Waals surface area contributed by atoms with E-state index in [1.165, 1.54) is 0 Å². The fourth-order valence-corrected chi connectivity index (χ4v) is 1.60. The summed E-state index contributed by atoms with van der Waals surface area (Å²) in [6, 6.07) is 3.85. The van der Waals surface area contributed by atoms with Crippen LogP contribution in [0.25, 0.3) is 5.52 Å². The number of hydrogen-bond donors (Lipinski definition) is 1. The molecule has 0 radical (unpaired) electrons. The summed E-state index contributed by atoms with van der Waals surface area (Å²) in [5, 5.41) is 3.84. The predicted octanol–water partition coefficient (Wildman–Crippen LogP) is 1.75. The lowest BCUT2D eigenvalue weighted by Crippen LogP contribution is -2.12. The molecule has 0 aromatic carbocycles. The van der Waals surface area contributed by atoms with Crippen LogP contribution in [0.1, 0.15) is 5.82 Å². The Morgan fingerprint density at radius 1 is 1.50 bits per heavy atom. The van der Waals surface area contributed by atoms with E-state index in [0.717, 1.165) is 29.3 Å². The quantitative estimate of drug-likeness (QED) is 0.835. The Labute approximate surface area is 87.7 Å². The summed E-state index contributed by atoms with van der Waals surface area (Å²) in [6.45, 7) is 0.922. The highest BCUT2D eigenvalue weighted by molar-refractivity contribution is 6.30. The van der Waals surface area contributed by atoms with E-state index in [1.807, 2.05) is 36.0 Å². The number of rotatable bonds is 3. The first-order valence-corrected chi connectivity index (χ1v) is 4.95. The van der Waals surface area contributed by atoms with Gasteiger partial charge in [0.15, 0.2) is 0 Å². The summed E-state index contributed by atoms with van der Waals surface area (Å²) in [4.78, 5) is 4.34. The van der Waals surface area contributed by atoms with Gasteiger partial charge in [0.2, 0.25) is 0 Å². The number of halogens is 1. The largest absolute Gasteiger partial charge is 0.319 e. The van der Waals surface area contributed by atoms with Crippen LogP contribution < -0.4 is 5.32 Å². The Morgan fingerprint density at radius 3 is 3.14 bits per heavy atom. The second kappa shape index (κ2) is 3.98. The number of fused-ring (bicyclic) bond motifs is 1. The number of aromatic nitrogens is 2. The molecule has 0 unspecified atom stereocenters. The molecular weight excluding hydrogens is 198 g/mol. The van der Waals surface area contributed by atoms with Crippen LogP contribution >= 0.6 is 11.6 Å². The smallest absolute Gasteiger partial charge is 0.114 e. The molecule has 2 aromatic heterocycles. The summed E-state index contributed by atoms with van der Waals surface area (Å²) in [7, 11) is 1.93. The van der Waals surface area contributed by atoms with Crippen molar-refractivity contribution < 1.29 is 0 Å². The van der Waals surface area contributed by atoms with Gasteiger partial charge in [0.05, 0.1) is 16.7 Å². The lowest BCUT2D eigenvalue weighted by Gasteiger charge is -2.01. The van der Waals surface area contributed by atoms with Crippen LogP contribution in [-0.4, -0.2) is 23.0 Å². The predicted molar refractivity (Wildman–Crippen MR) is 57.8 cm³/mol. The Kier molecular flexibility index (Phi) is 2.70. The van der Waals surface area contributed by atoms with Gasteiger partial charge in [-0.2, -0.15) is 0 Å². The SMILES string of the molecule is CNCCc1ncc2ccc(Cl)cn12. The summed E-state index contributed by atoms with van der Waals surface area (Å²) in [5.74, 6) is 1.04. The molecule has 0 amide bonds. The van der Waals surface area contributed by atoms with E-state index in [4.69, 9.17) is 11.6 Å². The van der Waals surface area contributed by atoms with E-state index in [-0.39, 0.29) is 0 Å². The van der Waals surface area contributed by atoms with E-state index >= 15 is 0 Å². The molecule has 0 aliphatic carbocycles. The molecule has 2 rings (SSSR count). The fourth-order valence-electron chi connectivity index (χ4n) is 1.44. The minimum absolute atomic E-state index is 0.737. The molecule has 2 aromatic rings. The molecule has 0 bridgehead atoms. The molecule has 2 heterocycles. The Bertz CT molecular complexity index is 436. The highest BCUT2D eigenvalue weighted by atomic mass is 35.5. The van der Waals surface area contributed by atoms with Gasteiger partial charge in [-0.3, -0.25) is 0 Å². The van der Waals surface area contributed by atoms with Crippen molar-refractivity contribution in [3.05, 3.63) is 35.4 Å². The van der Waals surface area contributed by atoms with Gasteiger partial charge in [0, 0.05) is 19.2 Å². The molecule has 0 saturated heterocycles. The standard InChI is InChI=1S/C10H12ClN3/c1-12-5-4-10-13-6-9-3-2-8(11)7-14(9)10/h2-3,6-7,12H,4-5H2,1H3. The molecule has 0 atom stereocenters. The van der Waals surface area contributed by atoms with E-state index in [2.05, 4.69) is 10.3 Å². The van der Waals surface area contributed by atoms with Crippen molar-refractivity contribution in [2.75, 3.05) is 13.6 Å². The zero-order chi connectivity index (χ0) is 9.97. The number of hydrogen-bond acceptors (Lipinski definition) is 2. The number of nitrogens with zero attached hydrogens (tertiary/aromatic N) is 2. The van der Waals surface area contributed by atoms with Crippen LogP contribution in [0.2, 0.25) is 5.02 Å². The van der Waals surface area contributed by atoms with Gasteiger partial charge >= 0.3 is 0 Å². The summed E-state index contributed by atoms with van der Waals surface area (Å²) >= 11 is 5.92. The van der Waals surface area contributed by atoms with Crippen LogP contribution in [0.3, 0.4) is 0 Å². The van der Waals surface area contributed by atoms with Crippen LogP contribution in [-0.2, 0) is 6.42 Å². The number of likely N-dealkylation sites (N-methyl/N-ethyl adjacent to an activating group) is 1. The van der Waals surface area contributed by atoms with Crippen LogP contribution in [0.5, 0.6) is 0 Å². The number of nitrogens with one attached hydrogen (secondary N) is 1. The summed E-state index contributed by atoms with van der Waals surface area (Å²) < 4.78 is 2.03. The van der Waals surface area contributed by atoms with Crippen molar-refractivity contribution in [3.63, 3.8) is 0 Å². The third-order valence-corrected chi connectivity index (χ3v) is 2.39. The van der Waals surface area contributed by atoms with Crippen molar-refractivity contribution in [2.24, 2.45) is 0 Å². The number of pyridine rings is 1. The van der Waals surface area contributed by atoms with E-state index in [9.17, 15) is 0 Å². The zero-order valence-electron chi connectivity index (χ0n) is 8.00. The molecule has 0 aliphatic heterocycles. The first kappa shape index (κ1) is 9.49. The lowest BCUT2D eigenvalue weighted by molar-refractivity contribution is 0.753. The fraction of sp³-hybridized carbons (Fsp3) is 0.300. The van der Waals surface area contributed by atoms with Gasteiger partial charge in [-0.25, -0.2) is 4.98 Å². The van der Waals surface area contributed by atoms with Gasteiger partial charge in [-0.15, -0.1) is 0 Å². The molecule has 0 spiro atoms. The second-order valence-electron chi connectivity index (χ2n) is 3.17. The van der Waals surface area contributed by atoms with E-state index in [1.54, 1.807) is 0 Å². The van der Waals surface area contributed by atoms with Crippen molar-refractivity contribution in [1.82, 2.24) is 14.7 Å². The second-order valence-corrected chi connectivity index (χ2v) is 3.61. The molecule has 74 valence electrons. The lowest BCUT2D eigenvalue weighted by atomic mass is 10.4. The van der Waals surface area contributed by atoms with Gasteiger partial charge < -0.3 is 9.72 Å². The highest BCUT2D eigenvalue weighted by Crippen LogP contribution is 2.13. The van der Waals surface area contributed by atoms with Crippen LogP contribution in [0.4, 0.5) is 0 Å². The van der Waals surface area contributed by atoms with Crippen LogP contribution in [0.15, 0.2) is 24.5 Å². The minimum Gasteiger partial charge on any atom is -0.319 e. The maximum absolute atomic E-state index is 5.92. The first-order chi connectivity index (χ1) is 6.81. The molecular formula is C10H12ClN3. The maximum atomic E-state index is 5.92. The average molecular weight is 210 g/mol. The molecule has 0 saturated carbocycles. The Hall–Kier alpha value is -1.06. The van der Waals surface area contributed by atoms with E-state index < -0.39 is 0 Å². The summed E-state index contributed by atoms with van der Waals surface area (Å²) in [5.41, 5.74) is 1.08. The maximum Gasteiger partial charge on any atom is 0.114 e. The minimum atomic E-state index is 0.737. The van der Waals surface area contributed by atoms with E-state index in [0.29, 0.717) is 0 Å². The van der Waals surface area contributed by atoms with Crippen molar-refractivity contribution in [3.8, 4) is 0 Å². The van der Waals surface area contributed by atoms with Crippen molar-refractivity contribution in [1.29, 1.82) is 0 Å².